The van der Waals surface area contributed by atoms with Crippen molar-refractivity contribution in [1.29, 1.82) is 0 Å². The van der Waals surface area contributed by atoms with Crippen molar-refractivity contribution < 1.29 is 47.9 Å². The Bertz CT molecular complexity index is 2600. The standard InChI is InChI=1S/C51H71N13O10S2/c1-29(65)41-16-9-22-63(41)50(74)42-17-10-23-64(42)49(73)40(28-76)62-48(72)39(26-32-27-56-34-14-7-6-13-33(32)34)61-44(68)35(15-8-21-55-51(53)54)58-47(71)38(25-31-11-4-3-5-12-31)60-45(69)36(18-19-43(52)67)59-46(70)37(20-24-75)57-30(2)66/h3-7,11-14,27,35-42,56,75-76H,8-10,15-26,28H2,1-2H3,(H2,52,67)(H,57,66)(H,58,71)(H,59,70)(H,60,69)(H,61,68)(H,62,72)(H4,53,54,55)/t35-,36-,37-,38+,39-,40-,41-,42-/m0/s1. The number of aromatic nitrogens is 1. The summed E-state index contributed by atoms with van der Waals surface area (Å²) in [7, 11) is 0. The summed E-state index contributed by atoms with van der Waals surface area (Å²) >= 11 is 8.61. The second-order valence-corrected chi connectivity index (χ2v) is 19.8. The molecule has 8 atom stereocenters. The second kappa shape index (κ2) is 29.2. The third-order valence-corrected chi connectivity index (χ3v) is 13.9. The normalized spacial score (nSPS) is 17.5. The molecule has 2 fully saturated rings. The van der Waals surface area contributed by atoms with E-state index in [-0.39, 0.29) is 87.2 Å². The van der Waals surface area contributed by atoms with E-state index in [4.69, 9.17) is 17.2 Å². The van der Waals surface area contributed by atoms with E-state index in [9.17, 15) is 47.9 Å². The van der Waals surface area contributed by atoms with E-state index in [0.717, 1.165) is 10.9 Å². The maximum absolute atomic E-state index is 14.7. The SMILES string of the molecule is CC(=O)N[C@@H](CCS)C(=O)N[C@@H](CCC(N)=O)C(=O)N[C@H](Cc1ccccc1)C(=O)N[C@@H](CCCN=C(N)N)C(=O)N[C@@H](Cc1c[nH]c2ccccc12)C(=O)N[C@@H](CS)C(=O)N1CCC[C@H]1C(=O)N1CCC[C@H]1C(C)=O. The number of nitrogens with one attached hydrogen (secondary N) is 7. The molecule has 23 nitrogen and oxygen atoms in total. The zero-order chi connectivity index (χ0) is 55.5. The summed E-state index contributed by atoms with van der Waals surface area (Å²) in [4.78, 5) is 146. The number of nitrogens with two attached hydrogens (primary N) is 3. The Hall–Kier alpha value is -7.15. The van der Waals surface area contributed by atoms with Crippen LogP contribution >= 0.6 is 25.3 Å². The Kier molecular flexibility index (Phi) is 23.0. The number of benzene rings is 2. The minimum Gasteiger partial charge on any atom is -0.370 e. The van der Waals surface area contributed by atoms with Crippen LogP contribution in [0.3, 0.4) is 0 Å². The minimum atomic E-state index is -1.42. The van der Waals surface area contributed by atoms with Gasteiger partial charge in [-0.05, 0) is 81.2 Å². The summed E-state index contributed by atoms with van der Waals surface area (Å²) in [5.41, 5.74) is 18.6. The molecule has 5 rings (SSSR count). The van der Waals surface area contributed by atoms with Gasteiger partial charge < -0.3 is 63.9 Å². The van der Waals surface area contributed by atoms with Crippen molar-refractivity contribution in [3.05, 3.63) is 71.9 Å². The fraction of sp³-hybridized carbons (Fsp3) is 0.510. The number of aromatic amines is 1. The van der Waals surface area contributed by atoms with Gasteiger partial charge in [-0.3, -0.25) is 52.9 Å². The number of rotatable bonds is 28. The van der Waals surface area contributed by atoms with Crippen LogP contribution in [0, 0.1) is 0 Å². The van der Waals surface area contributed by atoms with Crippen LogP contribution in [0.1, 0.15) is 82.8 Å². The van der Waals surface area contributed by atoms with E-state index >= 15 is 0 Å². The molecule has 2 aliphatic rings. The van der Waals surface area contributed by atoms with Gasteiger partial charge in [0.05, 0.1) is 6.04 Å². The Morgan fingerprint density at radius 1 is 0.645 bits per heavy atom. The molecular formula is C51H71N13O10S2. The summed E-state index contributed by atoms with van der Waals surface area (Å²) < 4.78 is 0. The van der Waals surface area contributed by atoms with Gasteiger partial charge in [0.15, 0.2) is 11.7 Å². The van der Waals surface area contributed by atoms with Crippen molar-refractivity contribution in [2.45, 2.75) is 133 Å². The third-order valence-electron chi connectivity index (χ3n) is 13.3. The van der Waals surface area contributed by atoms with Crippen LogP contribution in [0.4, 0.5) is 0 Å². The van der Waals surface area contributed by atoms with E-state index < -0.39 is 95.6 Å². The van der Waals surface area contributed by atoms with Crippen molar-refractivity contribution in [1.82, 2.24) is 46.7 Å². The molecule has 2 aromatic carbocycles. The highest BCUT2D eigenvalue weighted by Gasteiger charge is 2.43. The molecule has 0 spiro atoms. The number of aliphatic imine (C=N–C) groups is 1. The van der Waals surface area contributed by atoms with Crippen molar-refractivity contribution in [2.75, 3.05) is 31.1 Å². The van der Waals surface area contributed by atoms with E-state index in [1.54, 1.807) is 36.5 Å². The van der Waals surface area contributed by atoms with Gasteiger partial charge in [-0.1, -0.05) is 48.5 Å². The number of hydrogen-bond acceptors (Lipinski definition) is 13. The lowest BCUT2D eigenvalue weighted by Gasteiger charge is -2.33. The number of guanidine groups is 1. The van der Waals surface area contributed by atoms with E-state index in [1.807, 2.05) is 24.3 Å². The van der Waals surface area contributed by atoms with E-state index in [2.05, 4.69) is 67.1 Å². The average molecular weight is 1090 g/mol. The number of amides is 9. The Balaban J connectivity index is 1.43. The van der Waals surface area contributed by atoms with Gasteiger partial charge in [0.25, 0.3) is 0 Å². The van der Waals surface area contributed by atoms with Crippen molar-refractivity contribution in [3.8, 4) is 0 Å². The van der Waals surface area contributed by atoms with Crippen LogP contribution in [0.5, 0.6) is 0 Å². The first kappa shape index (κ1) is 59.7. The largest absolute Gasteiger partial charge is 0.370 e. The van der Waals surface area contributed by atoms with Gasteiger partial charge in [-0.15, -0.1) is 0 Å². The monoisotopic (exact) mass is 1090 g/mol. The van der Waals surface area contributed by atoms with Crippen molar-refractivity contribution in [2.24, 2.45) is 22.2 Å². The smallest absolute Gasteiger partial charge is 0.246 e. The number of H-pyrrole nitrogens is 1. The summed E-state index contributed by atoms with van der Waals surface area (Å²) in [6.07, 6.45) is 3.11. The molecule has 1 aromatic heterocycles. The number of carbonyl (C=O) groups is 10. The number of nitrogens with zero attached hydrogens (tertiary/aromatic N) is 3. The topological polar surface area (TPSA) is 356 Å². The lowest BCUT2D eigenvalue weighted by atomic mass is 10.0. The number of thiol groups is 2. The first-order chi connectivity index (χ1) is 36.3. The summed E-state index contributed by atoms with van der Waals surface area (Å²) in [5, 5.41) is 16.8. The molecule has 76 heavy (non-hydrogen) atoms. The summed E-state index contributed by atoms with van der Waals surface area (Å²) in [5.74, 6) is -6.57. The number of fused-ring (bicyclic) bond motifs is 1. The highest BCUT2D eigenvalue weighted by molar-refractivity contribution is 7.80. The molecule has 0 bridgehead atoms. The average Bonchev–Trinajstić information content (AvgIpc) is 4.18. The van der Waals surface area contributed by atoms with Crippen molar-refractivity contribution in [3.63, 3.8) is 0 Å². The molecule has 412 valence electrons. The number of primary amides is 1. The first-order valence-electron chi connectivity index (χ1n) is 25.4. The molecule has 0 radical (unpaired) electrons. The third kappa shape index (κ3) is 17.2. The summed E-state index contributed by atoms with van der Waals surface area (Å²) in [6, 6.07) is 6.57. The van der Waals surface area contributed by atoms with Gasteiger partial charge in [0.2, 0.25) is 53.2 Å². The molecule has 9 amide bonds. The second-order valence-electron chi connectivity index (χ2n) is 19.0. The minimum absolute atomic E-state index is 0.0399. The predicted octanol–water partition coefficient (Wildman–Crippen LogP) is -0.978. The van der Waals surface area contributed by atoms with E-state index in [1.165, 1.54) is 23.6 Å². The summed E-state index contributed by atoms with van der Waals surface area (Å²) in [6.45, 7) is 3.32. The Morgan fingerprint density at radius 2 is 1.18 bits per heavy atom. The van der Waals surface area contributed by atoms with Gasteiger partial charge in [0, 0.05) is 68.7 Å². The van der Waals surface area contributed by atoms with Crippen LogP contribution < -0.4 is 49.1 Å². The molecule has 3 heterocycles. The van der Waals surface area contributed by atoms with Crippen LogP contribution in [0.25, 0.3) is 10.9 Å². The fourth-order valence-corrected chi connectivity index (χ4v) is 9.94. The predicted molar refractivity (Wildman–Crippen MR) is 290 cm³/mol. The molecule has 13 N–H and O–H groups in total. The number of likely N-dealkylation sites (tertiary alicyclic amines) is 2. The molecule has 0 unspecified atom stereocenters. The van der Waals surface area contributed by atoms with Gasteiger partial charge in [0.1, 0.15) is 42.3 Å². The van der Waals surface area contributed by atoms with Crippen LogP contribution in [-0.2, 0) is 60.8 Å². The maximum Gasteiger partial charge on any atom is 0.246 e. The highest BCUT2D eigenvalue weighted by atomic mass is 32.1. The van der Waals surface area contributed by atoms with Crippen molar-refractivity contribution >= 4 is 101 Å². The Labute approximate surface area is 452 Å². The van der Waals surface area contributed by atoms with E-state index in [0.29, 0.717) is 43.4 Å². The highest BCUT2D eigenvalue weighted by Crippen LogP contribution is 2.26. The lowest BCUT2D eigenvalue weighted by molar-refractivity contribution is -0.147. The molecule has 0 saturated carbocycles. The molecule has 3 aromatic rings. The lowest BCUT2D eigenvalue weighted by Crippen LogP contribution is -2.61. The molecule has 0 aliphatic carbocycles. The molecule has 2 aliphatic heterocycles. The number of Topliss-reactive ketones (excluding diaryl/α,β-unsaturated/α-hetero) is 1. The molecule has 25 heteroatoms. The molecule has 2 saturated heterocycles. The first-order valence-corrected chi connectivity index (χ1v) is 26.6. The molecular weight excluding hydrogens is 1020 g/mol. The number of para-hydroxylation sites is 1. The number of hydrogen-bond donors (Lipinski definition) is 12. The van der Waals surface area contributed by atoms with Crippen LogP contribution in [-0.4, -0.2) is 159 Å². The van der Waals surface area contributed by atoms with Crippen LogP contribution in [0.15, 0.2) is 65.8 Å². The fourth-order valence-electron chi connectivity index (χ4n) is 9.44. The zero-order valence-electron chi connectivity index (χ0n) is 42.8. The quantitative estimate of drug-likeness (QED) is 0.0181. The Morgan fingerprint density at radius 3 is 1.78 bits per heavy atom. The maximum atomic E-state index is 14.7. The van der Waals surface area contributed by atoms with Crippen LogP contribution in [0.2, 0.25) is 0 Å². The number of ketones is 1. The van der Waals surface area contributed by atoms with Gasteiger partial charge in [-0.25, -0.2) is 0 Å². The zero-order valence-corrected chi connectivity index (χ0v) is 44.5. The van der Waals surface area contributed by atoms with Gasteiger partial charge >= 0.3 is 0 Å². The number of carbonyl (C=O) groups excluding carboxylic acids is 10. The van der Waals surface area contributed by atoms with Gasteiger partial charge in [-0.2, -0.15) is 25.3 Å².